The zero-order valence-electron chi connectivity index (χ0n) is 13.0. The monoisotopic (exact) mass is 307 g/mol. The first-order chi connectivity index (χ1) is 11.1. The van der Waals surface area contributed by atoms with Gasteiger partial charge in [0.15, 0.2) is 5.78 Å². The zero-order valence-corrected chi connectivity index (χ0v) is 13.0. The summed E-state index contributed by atoms with van der Waals surface area (Å²) in [5.74, 6) is 0.929. The van der Waals surface area contributed by atoms with E-state index in [4.69, 9.17) is 10.5 Å². The van der Waals surface area contributed by atoms with Gasteiger partial charge in [-0.05, 0) is 31.2 Å². The van der Waals surface area contributed by atoms with Crippen LogP contribution in [0.2, 0.25) is 0 Å². The minimum Gasteiger partial charge on any atom is -0.497 e. The number of nitrogen functional groups attached to an aromatic ring is 1. The van der Waals surface area contributed by atoms with E-state index in [2.05, 4.69) is 5.10 Å². The highest BCUT2D eigenvalue weighted by Gasteiger charge is 2.17. The Morgan fingerprint density at radius 1 is 1.09 bits per heavy atom. The van der Waals surface area contributed by atoms with Crippen molar-refractivity contribution in [2.75, 3.05) is 12.8 Å². The van der Waals surface area contributed by atoms with Crippen LogP contribution in [0.3, 0.4) is 0 Å². The van der Waals surface area contributed by atoms with Gasteiger partial charge < -0.3 is 10.5 Å². The fourth-order valence-corrected chi connectivity index (χ4v) is 2.32. The van der Waals surface area contributed by atoms with E-state index >= 15 is 0 Å². The number of aromatic nitrogens is 2. The van der Waals surface area contributed by atoms with Gasteiger partial charge in [0.05, 0.1) is 24.6 Å². The SMILES string of the molecule is COc1ccc(-n2ncc(C(=O)c3ccc(C)cc3)c2N)cc1. The first-order valence-corrected chi connectivity index (χ1v) is 7.19. The summed E-state index contributed by atoms with van der Waals surface area (Å²) in [5.41, 5.74) is 8.98. The number of ketones is 1. The number of carbonyl (C=O) groups is 1. The van der Waals surface area contributed by atoms with Crippen LogP contribution in [0.25, 0.3) is 5.69 Å². The number of aryl methyl sites for hydroxylation is 1. The molecule has 0 amide bonds. The van der Waals surface area contributed by atoms with Gasteiger partial charge in [-0.3, -0.25) is 4.79 Å². The van der Waals surface area contributed by atoms with Crippen molar-refractivity contribution < 1.29 is 9.53 Å². The van der Waals surface area contributed by atoms with Gasteiger partial charge in [0, 0.05) is 5.56 Å². The quantitative estimate of drug-likeness (QED) is 0.752. The van der Waals surface area contributed by atoms with Gasteiger partial charge >= 0.3 is 0 Å². The van der Waals surface area contributed by atoms with E-state index in [1.165, 1.54) is 6.20 Å². The fourth-order valence-electron chi connectivity index (χ4n) is 2.32. The molecule has 0 aliphatic carbocycles. The molecule has 0 saturated heterocycles. The van der Waals surface area contributed by atoms with Crippen molar-refractivity contribution in [3.8, 4) is 11.4 Å². The van der Waals surface area contributed by atoms with E-state index < -0.39 is 0 Å². The van der Waals surface area contributed by atoms with Gasteiger partial charge in [0.2, 0.25) is 0 Å². The molecule has 5 heteroatoms. The van der Waals surface area contributed by atoms with E-state index in [-0.39, 0.29) is 5.78 Å². The second kappa shape index (κ2) is 5.96. The molecular weight excluding hydrogens is 290 g/mol. The summed E-state index contributed by atoms with van der Waals surface area (Å²) in [6.07, 6.45) is 1.50. The lowest BCUT2D eigenvalue weighted by atomic mass is 10.0. The molecule has 0 aliphatic heterocycles. The van der Waals surface area contributed by atoms with Crippen LogP contribution in [0.4, 0.5) is 5.82 Å². The molecule has 23 heavy (non-hydrogen) atoms. The van der Waals surface area contributed by atoms with Crippen LogP contribution in [0.5, 0.6) is 5.75 Å². The van der Waals surface area contributed by atoms with Crippen LogP contribution < -0.4 is 10.5 Å². The Morgan fingerprint density at radius 3 is 2.35 bits per heavy atom. The lowest BCUT2D eigenvalue weighted by Gasteiger charge is -2.06. The lowest BCUT2D eigenvalue weighted by Crippen LogP contribution is -2.07. The number of carbonyl (C=O) groups excluding carboxylic acids is 1. The molecule has 0 unspecified atom stereocenters. The van der Waals surface area contributed by atoms with Crippen molar-refractivity contribution in [1.29, 1.82) is 0 Å². The maximum absolute atomic E-state index is 12.6. The Bertz CT molecular complexity index is 834. The molecule has 2 N–H and O–H groups in total. The Morgan fingerprint density at radius 2 is 1.74 bits per heavy atom. The third-order valence-electron chi connectivity index (χ3n) is 3.68. The average Bonchev–Trinajstić information content (AvgIpc) is 2.96. The fraction of sp³-hybridized carbons (Fsp3) is 0.111. The lowest BCUT2D eigenvalue weighted by molar-refractivity contribution is 0.103. The number of benzene rings is 2. The molecule has 5 nitrogen and oxygen atoms in total. The van der Waals surface area contributed by atoms with Gasteiger partial charge in [-0.15, -0.1) is 0 Å². The predicted octanol–water partition coefficient (Wildman–Crippen LogP) is 3.00. The Kier molecular flexibility index (Phi) is 3.85. The average molecular weight is 307 g/mol. The van der Waals surface area contributed by atoms with Gasteiger partial charge in [-0.25, -0.2) is 4.68 Å². The second-order valence-corrected chi connectivity index (χ2v) is 5.25. The second-order valence-electron chi connectivity index (χ2n) is 5.25. The number of hydrogen-bond donors (Lipinski definition) is 1. The standard InChI is InChI=1S/C18H17N3O2/c1-12-3-5-13(6-4-12)17(22)16-11-20-21(18(16)19)14-7-9-15(23-2)10-8-14/h3-11H,19H2,1-2H3. The molecule has 3 rings (SSSR count). The highest BCUT2D eigenvalue weighted by molar-refractivity contribution is 6.11. The molecule has 0 spiro atoms. The Labute approximate surface area is 134 Å². The summed E-state index contributed by atoms with van der Waals surface area (Å²) in [6, 6.07) is 14.7. The van der Waals surface area contributed by atoms with E-state index in [1.807, 2.05) is 43.3 Å². The number of rotatable bonds is 4. The first-order valence-electron chi connectivity index (χ1n) is 7.19. The highest BCUT2D eigenvalue weighted by atomic mass is 16.5. The number of nitrogens with two attached hydrogens (primary N) is 1. The van der Waals surface area contributed by atoms with Gasteiger partial charge in [-0.2, -0.15) is 5.10 Å². The van der Waals surface area contributed by atoms with Crippen molar-refractivity contribution in [2.24, 2.45) is 0 Å². The van der Waals surface area contributed by atoms with E-state index in [0.717, 1.165) is 17.0 Å². The van der Waals surface area contributed by atoms with Gasteiger partial charge in [-0.1, -0.05) is 29.8 Å². The summed E-state index contributed by atoms with van der Waals surface area (Å²) >= 11 is 0. The summed E-state index contributed by atoms with van der Waals surface area (Å²) < 4.78 is 6.67. The molecular formula is C18H17N3O2. The van der Waals surface area contributed by atoms with E-state index in [0.29, 0.717) is 16.9 Å². The van der Waals surface area contributed by atoms with Crippen LogP contribution in [0, 0.1) is 6.92 Å². The van der Waals surface area contributed by atoms with Crippen molar-refractivity contribution in [3.05, 3.63) is 71.4 Å². The van der Waals surface area contributed by atoms with Crippen LogP contribution in [-0.2, 0) is 0 Å². The van der Waals surface area contributed by atoms with Crippen LogP contribution in [0.15, 0.2) is 54.7 Å². The number of ether oxygens (including phenoxy) is 1. The summed E-state index contributed by atoms with van der Waals surface area (Å²) in [5, 5.41) is 4.24. The molecule has 2 aromatic carbocycles. The zero-order chi connectivity index (χ0) is 16.4. The molecule has 0 atom stereocenters. The maximum atomic E-state index is 12.6. The number of hydrogen-bond acceptors (Lipinski definition) is 4. The van der Waals surface area contributed by atoms with Crippen LogP contribution in [0.1, 0.15) is 21.5 Å². The highest BCUT2D eigenvalue weighted by Crippen LogP contribution is 2.22. The molecule has 3 aromatic rings. The van der Waals surface area contributed by atoms with Crippen LogP contribution in [-0.4, -0.2) is 22.7 Å². The van der Waals surface area contributed by atoms with Crippen LogP contribution >= 0.6 is 0 Å². The number of methoxy groups -OCH3 is 1. The minimum atomic E-state index is -0.137. The number of nitrogens with zero attached hydrogens (tertiary/aromatic N) is 2. The largest absolute Gasteiger partial charge is 0.497 e. The summed E-state index contributed by atoms with van der Waals surface area (Å²) in [7, 11) is 1.61. The molecule has 116 valence electrons. The van der Waals surface area contributed by atoms with Crippen molar-refractivity contribution >= 4 is 11.6 Å². The van der Waals surface area contributed by atoms with Crippen molar-refractivity contribution in [2.45, 2.75) is 6.92 Å². The molecule has 0 saturated carbocycles. The smallest absolute Gasteiger partial charge is 0.198 e. The molecule has 0 fully saturated rings. The van der Waals surface area contributed by atoms with Gasteiger partial charge in [0.25, 0.3) is 0 Å². The normalized spacial score (nSPS) is 10.5. The minimum absolute atomic E-state index is 0.137. The van der Waals surface area contributed by atoms with Crippen molar-refractivity contribution in [1.82, 2.24) is 9.78 Å². The first kappa shape index (κ1) is 14.8. The van der Waals surface area contributed by atoms with E-state index in [9.17, 15) is 4.79 Å². The molecule has 1 heterocycles. The Balaban J connectivity index is 1.95. The Hall–Kier alpha value is -3.08. The maximum Gasteiger partial charge on any atom is 0.198 e. The third kappa shape index (κ3) is 2.81. The third-order valence-corrected chi connectivity index (χ3v) is 3.68. The van der Waals surface area contributed by atoms with E-state index in [1.54, 1.807) is 23.9 Å². The van der Waals surface area contributed by atoms with Gasteiger partial charge in [0.1, 0.15) is 11.6 Å². The predicted molar refractivity (Wildman–Crippen MR) is 89.1 cm³/mol. The molecule has 0 bridgehead atoms. The molecule has 0 aliphatic rings. The van der Waals surface area contributed by atoms with Crippen molar-refractivity contribution in [3.63, 3.8) is 0 Å². The number of anilines is 1. The molecule has 1 aromatic heterocycles. The summed E-state index contributed by atoms with van der Waals surface area (Å²) in [6.45, 7) is 1.98. The summed E-state index contributed by atoms with van der Waals surface area (Å²) in [4.78, 5) is 12.6. The topological polar surface area (TPSA) is 70.1 Å². The molecule has 0 radical (unpaired) electrons.